The van der Waals surface area contributed by atoms with Crippen molar-refractivity contribution in [1.29, 1.82) is 0 Å². The van der Waals surface area contributed by atoms with Crippen molar-refractivity contribution < 1.29 is 19.4 Å². The van der Waals surface area contributed by atoms with Gasteiger partial charge in [-0.25, -0.2) is 4.79 Å². The molecule has 1 aromatic rings. The van der Waals surface area contributed by atoms with Crippen LogP contribution in [0.25, 0.3) is 0 Å². The fraction of sp³-hybridized carbons (Fsp3) is 0.273. The number of nitrogens with one attached hydrogen (secondary N) is 1. The van der Waals surface area contributed by atoms with Crippen molar-refractivity contribution >= 4 is 23.5 Å². The number of halogens is 1. The molecular formula is C11H12ClNO4. The Balaban J connectivity index is 2.78. The molecule has 6 heteroatoms. The van der Waals surface area contributed by atoms with Crippen LogP contribution >= 0.6 is 11.6 Å². The second-order valence-electron chi connectivity index (χ2n) is 3.19. The average molecular weight is 258 g/mol. The standard InChI is InChI=1S/C11H12ClNO4/c1-2-13-10(14)6-17-9-5-7(12)3-4-8(9)11(15)16/h3-5H,2,6H2,1H3,(H,13,14)(H,15,16). The van der Waals surface area contributed by atoms with E-state index in [4.69, 9.17) is 21.4 Å². The number of carboxylic acids is 1. The van der Waals surface area contributed by atoms with Crippen LogP contribution in [-0.4, -0.2) is 30.1 Å². The molecule has 0 saturated carbocycles. The van der Waals surface area contributed by atoms with Crippen LogP contribution in [0, 0.1) is 0 Å². The molecule has 1 rings (SSSR count). The van der Waals surface area contributed by atoms with Crippen LogP contribution < -0.4 is 10.1 Å². The first-order valence-electron chi connectivity index (χ1n) is 4.97. The van der Waals surface area contributed by atoms with E-state index in [1.165, 1.54) is 18.2 Å². The molecule has 5 nitrogen and oxygen atoms in total. The monoisotopic (exact) mass is 257 g/mol. The van der Waals surface area contributed by atoms with Gasteiger partial charge in [-0.05, 0) is 25.1 Å². The van der Waals surface area contributed by atoms with Gasteiger partial charge in [0.1, 0.15) is 11.3 Å². The highest BCUT2D eigenvalue weighted by Gasteiger charge is 2.12. The minimum atomic E-state index is -1.13. The maximum Gasteiger partial charge on any atom is 0.339 e. The number of benzene rings is 1. The molecule has 0 saturated heterocycles. The smallest absolute Gasteiger partial charge is 0.339 e. The van der Waals surface area contributed by atoms with Gasteiger partial charge in [-0.2, -0.15) is 0 Å². The van der Waals surface area contributed by atoms with Gasteiger partial charge >= 0.3 is 5.97 Å². The third-order valence-electron chi connectivity index (χ3n) is 1.91. The zero-order valence-corrected chi connectivity index (χ0v) is 9.95. The van der Waals surface area contributed by atoms with E-state index in [0.717, 1.165) is 0 Å². The second kappa shape index (κ2) is 6.10. The van der Waals surface area contributed by atoms with Crippen molar-refractivity contribution in [2.45, 2.75) is 6.92 Å². The molecule has 1 amide bonds. The zero-order chi connectivity index (χ0) is 12.8. The lowest BCUT2D eigenvalue weighted by atomic mass is 10.2. The van der Waals surface area contributed by atoms with Crippen LogP contribution in [0.5, 0.6) is 5.75 Å². The number of rotatable bonds is 5. The maximum atomic E-state index is 11.2. The molecule has 0 spiro atoms. The molecule has 2 N–H and O–H groups in total. The Morgan fingerprint density at radius 1 is 1.47 bits per heavy atom. The minimum Gasteiger partial charge on any atom is -0.483 e. The molecule has 0 fully saturated rings. The average Bonchev–Trinajstić information content (AvgIpc) is 2.26. The Bertz CT molecular complexity index is 433. The molecule has 92 valence electrons. The van der Waals surface area contributed by atoms with Gasteiger partial charge in [0, 0.05) is 11.6 Å². The van der Waals surface area contributed by atoms with E-state index in [1.54, 1.807) is 6.92 Å². The van der Waals surface area contributed by atoms with Crippen LogP contribution in [0.4, 0.5) is 0 Å². The summed E-state index contributed by atoms with van der Waals surface area (Å²) in [5.74, 6) is -1.37. The Morgan fingerprint density at radius 3 is 2.76 bits per heavy atom. The predicted octanol–water partition coefficient (Wildman–Crippen LogP) is 1.55. The number of hydrogen-bond donors (Lipinski definition) is 2. The van der Waals surface area contributed by atoms with Gasteiger partial charge in [0.15, 0.2) is 6.61 Å². The lowest BCUT2D eigenvalue weighted by molar-refractivity contribution is -0.123. The summed E-state index contributed by atoms with van der Waals surface area (Å²) >= 11 is 5.72. The molecule has 0 aliphatic heterocycles. The number of ether oxygens (including phenoxy) is 1. The quantitative estimate of drug-likeness (QED) is 0.839. The molecular weight excluding hydrogens is 246 g/mol. The molecule has 0 aliphatic rings. The van der Waals surface area contributed by atoms with Crippen molar-refractivity contribution in [1.82, 2.24) is 5.32 Å². The highest BCUT2D eigenvalue weighted by atomic mass is 35.5. The summed E-state index contributed by atoms with van der Waals surface area (Å²) in [7, 11) is 0. The van der Waals surface area contributed by atoms with E-state index in [2.05, 4.69) is 5.32 Å². The van der Waals surface area contributed by atoms with Gasteiger partial charge in [-0.3, -0.25) is 4.79 Å². The fourth-order valence-electron chi connectivity index (χ4n) is 1.18. The van der Waals surface area contributed by atoms with Gasteiger partial charge < -0.3 is 15.2 Å². The summed E-state index contributed by atoms with van der Waals surface area (Å²) in [5.41, 5.74) is -0.0290. The molecule has 0 aromatic heterocycles. The number of carboxylic acid groups (broad SMARTS) is 1. The largest absolute Gasteiger partial charge is 0.483 e. The Kier molecular flexibility index (Phi) is 4.78. The lowest BCUT2D eigenvalue weighted by Crippen LogP contribution is -2.28. The summed E-state index contributed by atoms with van der Waals surface area (Å²) < 4.78 is 5.12. The molecule has 0 unspecified atom stereocenters. The van der Waals surface area contributed by atoms with Crippen molar-refractivity contribution in [3.05, 3.63) is 28.8 Å². The second-order valence-corrected chi connectivity index (χ2v) is 3.62. The summed E-state index contributed by atoms with van der Waals surface area (Å²) in [6.07, 6.45) is 0. The van der Waals surface area contributed by atoms with Crippen molar-refractivity contribution in [2.24, 2.45) is 0 Å². The number of aromatic carboxylic acids is 1. The highest BCUT2D eigenvalue weighted by Crippen LogP contribution is 2.23. The van der Waals surface area contributed by atoms with Gasteiger partial charge in [-0.1, -0.05) is 11.6 Å². The molecule has 17 heavy (non-hydrogen) atoms. The zero-order valence-electron chi connectivity index (χ0n) is 9.20. The van der Waals surface area contributed by atoms with Crippen LogP contribution in [0.2, 0.25) is 5.02 Å². The first kappa shape index (κ1) is 13.3. The summed E-state index contributed by atoms with van der Waals surface area (Å²) in [5, 5.41) is 11.8. The molecule has 0 bridgehead atoms. The summed E-state index contributed by atoms with van der Waals surface area (Å²) in [6, 6.07) is 4.14. The van der Waals surface area contributed by atoms with E-state index in [1.807, 2.05) is 0 Å². The Hall–Kier alpha value is -1.75. The number of amides is 1. The molecule has 0 atom stereocenters. The van der Waals surface area contributed by atoms with E-state index >= 15 is 0 Å². The maximum absolute atomic E-state index is 11.2. The van der Waals surface area contributed by atoms with E-state index in [9.17, 15) is 9.59 Å². The third-order valence-corrected chi connectivity index (χ3v) is 2.14. The minimum absolute atomic E-state index is 0.0290. The number of hydrogen-bond acceptors (Lipinski definition) is 3. The molecule has 1 aromatic carbocycles. The summed E-state index contributed by atoms with van der Waals surface area (Å²) in [4.78, 5) is 22.0. The van der Waals surface area contributed by atoms with E-state index < -0.39 is 5.97 Å². The van der Waals surface area contributed by atoms with Crippen molar-refractivity contribution in [2.75, 3.05) is 13.2 Å². The van der Waals surface area contributed by atoms with Crippen LogP contribution in [0.15, 0.2) is 18.2 Å². The normalized spacial score (nSPS) is 9.76. The Labute approximate surface area is 103 Å². The van der Waals surface area contributed by atoms with Crippen LogP contribution in [0.1, 0.15) is 17.3 Å². The van der Waals surface area contributed by atoms with E-state index in [-0.39, 0.29) is 23.8 Å². The lowest BCUT2D eigenvalue weighted by Gasteiger charge is -2.09. The third kappa shape index (κ3) is 3.96. The van der Waals surface area contributed by atoms with Crippen molar-refractivity contribution in [3.63, 3.8) is 0 Å². The topological polar surface area (TPSA) is 75.6 Å². The van der Waals surface area contributed by atoms with Crippen LogP contribution in [0.3, 0.4) is 0 Å². The number of carbonyl (C=O) groups excluding carboxylic acids is 1. The first-order valence-corrected chi connectivity index (χ1v) is 5.34. The van der Waals surface area contributed by atoms with Gasteiger partial charge in [0.2, 0.25) is 0 Å². The van der Waals surface area contributed by atoms with Gasteiger partial charge in [-0.15, -0.1) is 0 Å². The molecule has 0 radical (unpaired) electrons. The molecule has 0 heterocycles. The van der Waals surface area contributed by atoms with Crippen LogP contribution in [-0.2, 0) is 4.79 Å². The highest BCUT2D eigenvalue weighted by molar-refractivity contribution is 6.30. The number of likely N-dealkylation sites (N-methyl/N-ethyl adjacent to an activating group) is 1. The first-order chi connectivity index (χ1) is 8.04. The SMILES string of the molecule is CCNC(=O)COc1cc(Cl)ccc1C(=O)O. The fourth-order valence-corrected chi connectivity index (χ4v) is 1.35. The predicted molar refractivity (Wildman–Crippen MR) is 62.6 cm³/mol. The van der Waals surface area contributed by atoms with Gasteiger partial charge in [0.25, 0.3) is 5.91 Å². The summed E-state index contributed by atoms with van der Waals surface area (Å²) in [6.45, 7) is 2.03. The van der Waals surface area contributed by atoms with E-state index in [0.29, 0.717) is 11.6 Å². The van der Waals surface area contributed by atoms with Crippen molar-refractivity contribution in [3.8, 4) is 5.75 Å². The Morgan fingerprint density at radius 2 is 2.18 bits per heavy atom. The van der Waals surface area contributed by atoms with Gasteiger partial charge in [0.05, 0.1) is 0 Å². The molecule has 0 aliphatic carbocycles. The number of carbonyl (C=O) groups is 2.